The lowest BCUT2D eigenvalue weighted by Crippen LogP contribution is -2.02. The molecule has 0 fully saturated rings. The molecule has 1 aromatic carbocycles. The Morgan fingerprint density at radius 2 is 2.13 bits per heavy atom. The lowest BCUT2D eigenvalue weighted by Gasteiger charge is -2.05. The van der Waals surface area contributed by atoms with E-state index in [2.05, 4.69) is 11.7 Å². The van der Waals surface area contributed by atoms with Crippen molar-refractivity contribution in [2.24, 2.45) is 5.10 Å². The summed E-state index contributed by atoms with van der Waals surface area (Å²) in [6.45, 7) is 5.56. The van der Waals surface area contributed by atoms with E-state index in [0.717, 1.165) is 5.56 Å². The lowest BCUT2D eigenvalue weighted by atomic mass is 10.1. The number of halogens is 1. The van der Waals surface area contributed by atoms with E-state index in [0.29, 0.717) is 11.1 Å². The number of benzene rings is 1. The quantitative estimate of drug-likeness (QED) is 0.548. The minimum Gasteiger partial charge on any atom is -0.303 e. The summed E-state index contributed by atoms with van der Waals surface area (Å²) >= 11 is 0. The fraction of sp³-hybridized carbons (Fsp3) is 0.250. The van der Waals surface area contributed by atoms with Crippen molar-refractivity contribution in [3.05, 3.63) is 41.7 Å². The fourth-order valence-corrected chi connectivity index (χ4v) is 1.05. The molecule has 0 saturated heterocycles. The van der Waals surface area contributed by atoms with Gasteiger partial charge in [0.25, 0.3) is 0 Å². The molecule has 3 heteroatoms. The molecule has 2 nitrogen and oxygen atoms in total. The number of nitrogens with zero attached hydrogens (tertiary/aromatic N) is 2. The summed E-state index contributed by atoms with van der Waals surface area (Å²) in [6.07, 6.45) is 1.62. The van der Waals surface area contributed by atoms with Crippen molar-refractivity contribution in [3.63, 3.8) is 0 Å². The highest BCUT2D eigenvalue weighted by molar-refractivity contribution is 6.08. The van der Waals surface area contributed by atoms with Gasteiger partial charge in [-0.15, -0.1) is 0 Å². The molecular formula is C12H15FN2. The van der Waals surface area contributed by atoms with Gasteiger partial charge in [-0.05, 0) is 29.7 Å². The number of allylic oxidation sites excluding steroid dienone is 1. The highest BCUT2D eigenvalue weighted by atomic mass is 19.1. The molecule has 0 unspecified atom stereocenters. The number of hydrogen-bond acceptors (Lipinski definition) is 2. The van der Waals surface area contributed by atoms with E-state index in [1.807, 2.05) is 20.2 Å². The SMILES string of the molecule is C=C(/C=N\N(C)C)c1ccc(C)c(F)c1. The molecule has 0 aliphatic heterocycles. The predicted octanol–water partition coefficient (Wildman–Crippen LogP) is 2.69. The zero-order chi connectivity index (χ0) is 11.4. The first-order valence-electron chi connectivity index (χ1n) is 4.67. The number of aryl methyl sites for hydroxylation is 1. The first-order chi connectivity index (χ1) is 7.00. The van der Waals surface area contributed by atoms with E-state index < -0.39 is 0 Å². The van der Waals surface area contributed by atoms with Crippen molar-refractivity contribution >= 4 is 11.8 Å². The van der Waals surface area contributed by atoms with Crippen molar-refractivity contribution in [1.29, 1.82) is 0 Å². The summed E-state index contributed by atoms with van der Waals surface area (Å²) in [7, 11) is 3.64. The predicted molar refractivity (Wildman–Crippen MR) is 62.4 cm³/mol. The highest BCUT2D eigenvalue weighted by Gasteiger charge is 2.01. The molecule has 0 spiro atoms. The summed E-state index contributed by atoms with van der Waals surface area (Å²) in [5.74, 6) is -0.216. The molecule has 0 aromatic heterocycles. The van der Waals surface area contributed by atoms with Crippen molar-refractivity contribution in [3.8, 4) is 0 Å². The summed E-state index contributed by atoms with van der Waals surface area (Å²) in [4.78, 5) is 0. The molecule has 0 bridgehead atoms. The standard InChI is InChI=1S/C12H15FN2/c1-9-5-6-11(7-12(9)13)10(2)8-14-15(3)4/h5-8H,2H2,1,3-4H3/b14-8-. The van der Waals surface area contributed by atoms with Crippen LogP contribution in [0.2, 0.25) is 0 Å². The van der Waals surface area contributed by atoms with Crippen LogP contribution in [0.5, 0.6) is 0 Å². The largest absolute Gasteiger partial charge is 0.303 e. The Labute approximate surface area is 89.7 Å². The Bertz CT molecular complexity index is 395. The maximum absolute atomic E-state index is 13.2. The molecule has 15 heavy (non-hydrogen) atoms. The Balaban J connectivity index is 2.88. The van der Waals surface area contributed by atoms with E-state index in [-0.39, 0.29) is 5.82 Å². The molecule has 0 aliphatic rings. The Morgan fingerprint density at radius 1 is 1.47 bits per heavy atom. The second kappa shape index (κ2) is 4.73. The molecule has 80 valence electrons. The Kier molecular flexibility index (Phi) is 3.61. The van der Waals surface area contributed by atoms with Crippen LogP contribution in [0.4, 0.5) is 4.39 Å². The van der Waals surface area contributed by atoms with Crippen LogP contribution in [0.15, 0.2) is 29.9 Å². The Hall–Kier alpha value is -1.64. The molecular weight excluding hydrogens is 191 g/mol. The molecule has 1 aromatic rings. The summed E-state index contributed by atoms with van der Waals surface area (Å²) in [5.41, 5.74) is 2.09. The molecule has 0 atom stereocenters. The smallest absolute Gasteiger partial charge is 0.126 e. The maximum atomic E-state index is 13.2. The lowest BCUT2D eigenvalue weighted by molar-refractivity contribution is 0.441. The minimum atomic E-state index is -0.216. The van der Waals surface area contributed by atoms with Crippen LogP contribution in [0.1, 0.15) is 11.1 Å². The number of rotatable bonds is 3. The summed E-state index contributed by atoms with van der Waals surface area (Å²) in [6, 6.07) is 5.04. The van der Waals surface area contributed by atoms with Crippen LogP contribution >= 0.6 is 0 Å². The number of hydrogen-bond donors (Lipinski definition) is 0. The fourth-order valence-electron chi connectivity index (χ4n) is 1.05. The molecule has 0 amide bonds. The first kappa shape index (κ1) is 11.4. The van der Waals surface area contributed by atoms with Gasteiger partial charge in [-0.25, -0.2) is 4.39 Å². The van der Waals surface area contributed by atoms with Crippen LogP contribution in [-0.2, 0) is 0 Å². The van der Waals surface area contributed by atoms with Crippen LogP contribution in [0.3, 0.4) is 0 Å². The zero-order valence-corrected chi connectivity index (χ0v) is 9.29. The van der Waals surface area contributed by atoms with Gasteiger partial charge in [0.1, 0.15) is 5.82 Å². The average molecular weight is 206 g/mol. The molecule has 0 saturated carbocycles. The normalized spacial score (nSPS) is 10.7. The van der Waals surface area contributed by atoms with E-state index in [9.17, 15) is 4.39 Å². The molecule has 0 N–H and O–H groups in total. The topological polar surface area (TPSA) is 15.6 Å². The van der Waals surface area contributed by atoms with Gasteiger partial charge in [0.15, 0.2) is 0 Å². The highest BCUT2D eigenvalue weighted by Crippen LogP contribution is 2.14. The maximum Gasteiger partial charge on any atom is 0.126 e. The van der Waals surface area contributed by atoms with E-state index >= 15 is 0 Å². The van der Waals surface area contributed by atoms with Crippen molar-refractivity contribution in [1.82, 2.24) is 5.01 Å². The minimum absolute atomic E-state index is 0.216. The van der Waals surface area contributed by atoms with E-state index in [1.165, 1.54) is 6.07 Å². The Morgan fingerprint density at radius 3 is 2.67 bits per heavy atom. The second-order valence-electron chi connectivity index (χ2n) is 3.58. The number of hydrazone groups is 1. The average Bonchev–Trinajstić information content (AvgIpc) is 2.18. The monoisotopic (exact) mass is 206 g/mol. The van der Waals surface area contributed by atoms with Gasteiger partial charge in [0.2, 0.25) is 0 Å². The van der Waals surface area contributed by atoms with Gasteiger partial charge >= 0.3 is 0 Å². The third kappa shape index (κ3) is 3.20. The van der Waals surface area contributed by atoms with Crippen molar-refractivity contribution < 1.29 is 4.39 Å². The summed E-state index contributed by atoms with van der Waals surface area (Å²) < 4.78 is 13.2. The van der Waals surface area contributed by atoms with Gasteiger partial charge in [-0.1, -0.05) is 18.7 Å². The second-order valence-corrected chi connectivity index (χ2v) is 3.58. The van der Waals surface area contributed by atoms with Gasteiger partial charge < -0.3 is 5.01 Å². The molecule has 0 aliphatic carbocycles. The van der Waals surface area contributed by atoms with E-state index in [1.54, 1.807) is 24.2 Å². The first-order valence-corrected chi connectivity index (χ1v) is 4.67. The van der Waals surface area contributed by atoms with E-state index in [4.69, 9.17) is 0 Å². The van der Waals surface area contributed by atoms with Crippen LogP contribution in [0, 0.1) is 12.7 Å². The molecule has 1 rings (SSSR count). The van der Waals surface area contributed by atoms with Gasteiger partial charge in [0.05, 0.1) is 6.21 Å². The zero-order valence-electron chi connectivity index (χ0n) is 9.29. The summed E-state index contributed by atoms with van der Waals surface area (Å²) in [5, 5.41) is 5.70. The van der Waals surface area contributed by atoms with Gasteiger partial charge in [-0.3, -0.25) is 0 Å². The molecule has 0 heterocycles. The van der Waals surface area contributed by atoms with Crippen molar-refractivity contribution in [2.75, 3.05) is 14.1 Å². The van der Waals surface area contributed by atoms with Gasteiger partial charge in [0, 0.05) is 14.1 Å². The third-order valence-corrected chi connectivity index (χ3v) is 1.99. The van der Waals surface area contributed by atoms with Crippen LogP contribution in [-0.4, -0.2) is 25.3 Å². The van der Waals surface area contributed by atoms with Crippen LogP contribution < -0.4 is 0 Å². The van der Waals surface area contributed by atoms with Crippen LogP contribution in [0.25, 0.3) is 5.57 Å². The van der Waals surface area contributed by atoms with Gasteiger partial charge in [-0.2, -0.15) is 5.10 Å². The van der Waals surface area contributed by atoms with Crippen molar-refractivity contribution in [2.45, 2.75) is 6.92 Å². The third-order valence-electron chi connectivity index (χ3n) is 1.99. The molecule has 0 radical (unpaired) electrons.